The van der Waals surface area contributed by atoms with E-state index in [1.165, 1.54) is 0 Å². The van der Waals surface area contributed by atoms with Crippen LogP contribution in [0.25, 0.3) is 0 Å². The van der Waals surface area contributed by atoms with Gasteiger partial charge in [0.2, 0.25) is 5.91 Å². The minimum Gasteiger partial charge on any atom is -0.481 e. The molecule has 1 unspecified atom stereocenters. The number of anilines is 1. The first-order valence-corrected chi connectivity index (χ1v) is 5.71. The predicted octanol–water partition coefficient (Wildman–Crippen LogP) is 2.59. The van der Waals surface area contributed by atoms with Crippen LogP contribution in [0, 0.1) is 0 Å². The second kappa shape index (κ2) is 4.20. The molecule has 0 aliphatic carbocycles. The van der Waals surface area contributed by atoms with Gasteiger partial charge < -0.3 is 10.4 Å². The number of nitrogens with one attached hydrogen (secondary N) is 1. The molecule has 6 heteroatoms. The van der Waals surface area contributed by atoms with Crippen molar-refractivity contribution < 1.29 is 14.7 Å². The van der Waals surface area contributed by atoms with Crippen molar-refractivity contribution in [1.29, 1.82) is 0 Å². The van der Waals surface area contributed by atoms with Gasteiger partial charge in [-0.05, 0) is 24.6 Å². The van der Waals surface area contributed by atoms with Gasteiger partial charge in [-0.15, -0.1) is 11.6 Å². The monoisotopic (exact) mass is 273 g/mol. The Hall–Kier alpha value is -1.26. The first-order valence-electron chi connectivity index (χ1n) is 4.95. The summed E-state index contributed by atoms with van der Waals surface area (Å²) in [5.74, 6) is -1.40. The molecule has 2 rings (SSSR count). The number of halogens is 2. The Bertz CT molecular complexity index is 503. The van der Waals surface area contributed by atoms with Crippen molar-refractivity contribution in [3.05, 3.63) is 28.8 Å². The van der Waals surface area contributed by atoms with Crippen LogP contribution in [-0.2, 0) is 14.5 Å². The van der Waals surface area contributed by atoms with Gasteiger partial charge >= 0.3 is 5.97 Å². The fourth-order valence-corrected chi connectivity index (χ4v) is 2.29. The van der Waals surface area contributed by atoms with Crippen molar-refractivity contribution >= 4 is 40.8 Å². The van der Waals surface area contributed by atoms with Crippen molar-refractivity contribution in [2.75, 3.05) is 5.32 Å². The number of carboxylic acids is 1. The maximum atomic E-state index is 11.8. The molecule has 1 atom stereocenters. The van der Waals surface area contributed by atoms with E-state index in [0.717, 1.165) is 0 Å². The van der Waals surface area contributed by atoms with Crippen LogP contribution in [0.1, 0.15) is 18.4 Å². The second-order valence-corrected chi connectivity index (χ2v) is 4.92. The molecule has 1 aromatic rings. The molecule has 2 N–H and O–H groups in total. The van der Waals surface area contributed by atoms with Gasteiger partial charge in [-0.3, -0.25) is 9.59 Å². The lowest BCUT2D eigenvalue weighted by Crippen LogP contribution is -2.29. The van der Waals surface area contributed by atoms with Gasteiger partial charge in [0.05, 0.1) is 0 Å². The van der Waals surface area contributed by atoms with Crippen LogP contribution in [0.4, 0.5) is 5.69 Å². The third kappa shape index (κ3) is 2.10. The topological polar surface area (TPSA) is 66.4 Å². The van der Waals surface area contributed by atoms with Gasteiger partial charge in [0, 0.05) is 22.7 Å². The Morgan fingerprint density at radius 2 is 2.18 bits per heavy atom. The molecule has 0 aromatic heterocycles. The number of benzene rings is 1. The molecule has 0 bridgehead atoms. The SMILES string of the molecule is O=C(O)CCC1(Cl)C(=O)Nc2ccc(Cl)cc21. The highest BCUT2D eigenvalue weighted by atomic mass is 35.5. The molecule has 1 heterocycles. The summed E-state index contributed by atoms with van der Waals surface area (Å²) in [5, 5.41) is 11.7. The number of hydrogen-bond acceptors (Lipinski definition) is 2. The summed E-state index contributed by atoms with van der Waals surface area (Å²) < 4.78 is 0. The number of carbonyl (C=O) groups excluding carboxylic acids is 1. The van der Waals surface area contributed by atoms with E-state index in [1.54, 1.807) is 18.2 Å². The van der Waals surface area contributed by atoms with E-state index in [2.05, 4.69) is 5.32 Å². The van der Waals surface area contributed by atoms with Crippen molar-refractivity contribution in [2.45, 2.75) is 17.7 Å². The highest BCUT2D eigenvalue weighted by molar-refractivity contribution is 6.39. The summed E-state index contributed by atoms with van der Waals surface area (Å²) in [6.07, 6.45) is -0.147. The molecular weight excluding hydrogens is 265 g/mol. The average molecular weight is 274 g/mol. The predicted molar refractivity (Wildman–Crippen MR) is 64.5 cm³/mol. The van der Waals surface area contributed by atoms with E-state index in [0.29, 0.717) is 16.3 Å². The number of fused-ring (bicyclic) bond motifs is 1. The Morgan fingerprint density at radius 3 is 2.82 bits per heavy atom. The van der Waals surface area contributed by atoms with Crippen LogP contribution in [0.2, 0.25) is 5.02 Å². The van der Waals surface area contributed by atoms with Crippen LogP contribution < -0.4 is 5.32 Å². The first-order chi connectivity index (χ1) is 7.93. The lowest BCUT2D eigenvalue weighted by molar-refractivity contribution is -0.137. The molecular formula is C11H9Cl2NO3. The minimum atomic E-state index is -1.33. The summed E-state index contributed by atoms with van der Waals surface area (Å²) in [7, 11) is 0. The molecule has 1 aromatic carbocycles. The maximum absolute atomic E-state index is 11.8. The number of carbonyl (C=O) groups is 2. The second-order valence-electron chi connectivity index (χ2n) is 3.84. The molecule has 0 saturated heterocycles. The summed E-state index contributed by atoms with van der Waals surface area (Å²) in [5.41, 5.74) is 1.12. The Balaban J connectivity index is 2.38. The smallest absolute Gasteiger partial charge is 0.303 e. The zero-order valence-corrected chi connectivity index (χ0v) is 10.2. The standard InChI is InChI=1S/C11H9Cl2NO3/c12-6-1-2-8-7(5-6)11(13,10(17)14-8)4-3-9(15)16/h1-2,5H,3-4H2,(H,14,17)(H,15,16). The first kappa shape index (κ1) is 12.2. The minimum absolute atomic E-state index is 0.0308. The van der Waals surface area contributed by atoms with Crippen molar-refractivity contribution in [3.63, 3.8) is 0 Å². The zero-order chi connectivity index (χ0) is 12.6. The number of aliphatic carboxylic acids is 1. The molecule has 17 heavy (non-hydrogen) atoms. The molecule has 0 radical (unpaired) electrons. The van der Waals surface area contributed by atoms with Crippen molar-refractivity contribution in [3.8, 4) is 0 Å². The highest BCUT2D eigenvalue weighted by Gasteiger charge is 2.45. The van der Waals surface area contributed by atoms with Crippen LogP contribution in [0.3, 0.4) is 0 Å². The van der Waals surface area contributed by atoms with Gasteiger partial charge in [0.15, 0.2) is 4.87 Å². The van der Waals surface area contributed by atoms with Crippen molar-refractivity contribution in [1.82, 2.24) is 0 Å². The molecule has 1 aliphatic heterocycles. The summed E-state index contributed by atoms with van der Waals surface area (Å²) in [6, 6.07) is 4.88. The van der Waals surface area contributed by atoms with Gasteiger partial charge in [-0.1, -0.05) is 11.6 Å². The molecule has 4 nitrogen and oxygen atoms in total. The molecule has 0 fully saturated rings. The van der Waals surface area contributed by atoms with E-state index in [4.69, 9.17) is 28.3 Å². The number of amides is 1. The normalized spacial score (nSPS) is 22.1. The van der Waals surface area contributed by atoms with E-state index in [9.17, 15) is 9.59 Å². The number of hydrogen-bond donors (Lipinski definition) is 2. The van der Waals surface area contributed by atoms with E-state index in [1.807, 2.05) is 0 Å². The molecule has 90 valence electrons. The van der Waals surface area contributed by atoms with Crippen molar-refractivity contribution in [2.24, 2.45) is 0 Å². The summed E-state index contributed by atoms with van der Waals surface area (Å²) in [6.45, 7) is 0. The van der Waals surface area contributed by atoms with E-state index in [-0.39, 0.29) is 12.8 Å². The number of carboxylic acid groups (broad SMARTS) is 1. The maximum Gasteiger partial charge on any atom is 0.303 e. The third-order valence-corrected chi connectivity index (χ3v) is 3.50. The van der Waals surface area contributed by atoms with Crippen LogP contribution in [0.15, 0.2) is 18.2 Å². The van der Waals surface area contributed by atoms with Gasteiger partial charge in [-0.25, -0.2) is 0 Å². The molecule has 1 amide bonds. The highest BCUT2D eigenvalue weighted by Crippen LogP contribution is 2.45. The zero-order valence-electron chi connectivity index (χ0n) is 8.67. The Morgan fingerprint density at radius 1 is 1.47 bits per heavy atom. The number of alkyl halides is 1. The third-order valence-electron chi connectivity index (χ3n) is 2.70. The summed E-state index contributed by atoms with van der Waals surface area (Å²) >= 11 is 12.1. The largest absolute Gasteiger partial charge is 0.481 e. The fraction of sp³-hybridized carbons (Fsp3) is 0.273. The number of rotatable bonds is 3. The summed E-state index contributed by atoms with van der Waals surface area (Å²) in [4.78, 5) is 21.0. The van der Waals surface area contributed by atoms with E-state index < -0.39 is 16.8 Å². The molecule has 1 aliphatic rings. The Kier molecular flexibility index (Phi) is 3.02. The van der Waals surface area contributed by atoms with Crippen LogP contribution in [0.5, 0.6) is 0 Å². The average Bonchev–Trinajstić information content (AvgIpc) is 2.50. The van der Waals surface area contributed by atoms with Gasteiger partial charge in [-0.2, -0.15) is 0 Å². The van der Waals surface area contributed by atoms with Gasteiger partial charge in [0.1, 0.15) is 0 Å². The van der Waals surface area contributed by atoms with Crippen LogP contribution in [-0.4, -0.2) is 17.0 Å². The van der Waals surface area contributed by atoms with E-state index >= 15 is 0 Å². The quantitative estimate of drug-likeness (QED) is 0.832. The Labute approximate surface area is 108 Å². The lowest BCUT2D eigenvalue weighted by atomic mass is 9.94. The van der Waals surface area contributed by atoms with Gasteiger partial charge in [0.25, 0.3) is 0 Å². The molecule has 0 saturated carbocycles. The fourth-order valence-electron chi connectivity index (χ4n) is 1.82. The van der Waals surface area contributed by atoms with Crippen LogP contribution >= 0.6 is 23.2 Å². The lowest BCUT2D eigenvalue weighted by Gasteiger charge is -2.18. The molecule has 0 spiro atoms.